The normalized spacial score (nSPS) is 17.0. The Balaban J connectivity index is 2.53. The summed E-state index contributed by atoms with van der Waals surface area (Å²) in [6, 6.07) is 3.12. The molecule has 1 heterocycles. The summed E-state index contributed by atoms with van der Waals surface area (Å²) >= 11 is 11.7. The first kappa shape index (κ1) is 19.5. The molecule has 0 saturated heterocycles. The summed E-state index contributed by atoms with van der Waals surface area (Å²) in [7, 11) is 0. The maximum absolute atomic E-state index is 12.1. The minimum absolute atomic E-state index is 0.0506. The van der Waals surface area contributed by atoms with E-state index in [1.54, 1.807) is 6.07 Å². The van der Waals surface area contributed by atoms with E-state index >= 15 is 0 Å². The predicted octanol–water partition coefficient (Wildman–Crippen LogP) is 3.91. The van der Waals surface area contributed by atoms with Crippen molar-refractivity contribution in [3.05, 3.63) is 34.0 Å². The third-order valence-corrected chi connectivity index (χ3v) is 4.33. The van der Waals surface area contributed by atoms with Crippen molar-refractivity contribution in [3.63, 3.8) is 0 Å². The van der Waals surface area contributed by atoms with E-state index in [1.165, 1.54) is 6.92 Å². The average Bonchev–Trinajstić information content (AvgIpc) is 2.53. The molecule has 1 aromatic carbocycles. The molecule has 1 aliphatic rings. The molecule has 0 spiro atoms. The first-order valence-corrected chi connectivity index (χ1v) is 9.05. The molecule has 1 atom stereocenters. The van der Waals surface area contributed by atoms with Crippen molar-refractivity contribution in [2.75, 3.05) is 13.2 Å². The van der Waals surface area contributed by atoms with Crippen LogP contribution in [-0.2, 0) is 4.79 Å². The molecule has 1 aromatic rings. The van der Waals surface area contributed by atoms with Crippen molar-refractivity contribution in [2.45, 2.75) is 40.2 Å². The van der Waals surface area contributed by atoms with Gasteiger partial charge in [-0.05, 0) is 45.5 Å². The fraction of sp³-hybridized carbons (Fsp3) is 0.444. The molecule has 2 rings (SSSR count). The highest BCUT2D eigenvalue weighted by Crippen LogP contribution is 2.39. The Morgan fingerprint density at radius 3 is 2.56 bits per heavy atom. The minimum atomic E-state index is -0.432. The van der Waals surface area contributed by atoms with Crippen molar-refractivity contribution in [2.24, 2.45) is 0 Å². The Hall–Kier alpha value is -1.79. The Labute approximate surface area is 158 Å². The first-order chi connectivity index (χ1) is 11.9. The number of nitrogens with one attached hydrogen (secondary N) is 2. The van der Waals surface area contributed by atoms with E-state index in [2.05, 4.69) is 10.6 Å². The molecular formula is C18H23ClN2O3S. The van der Waals surface area contributed by atoms with Gasteiger partial charge in [0.15, 0.2) is 22.4 Å². The largest absolute Gasteiger partial charge is 0.490 e. The summed E-state index contributed by atoms with van der Waals surface area (Å²) in [5.74, 6) is 1.14. The average molecular weight is 383 g/mol. The van der Waals surface area contributed by atoms with E-state index in [1.807, 2.05) is 26.8 Å². The van der Waals surface area contributed by atoms with E-state index in [9.17, 15) is 4.79 Å². The van der Waals surface area contributed by atoms with Gasteiger partial charge in [-0.2, -0.15) is 0 Å². The lowest BCUT2D eigenvalue weighted by Crippen LogP contribution is -2.44. The van der Waals surface area contributed by atoms with Crippen molar-refractivity contribution >= 4 is 34.7 Å². The number of allylic oxidation sites excluding steroid dienone is 1. The number of rotatable bonds is 7. The summed E-state index contributed by atoms with van der Waals surface area (Å²) < 4.78 is 11.4. The van der Waals surface area contributed by atoms with Crippen LogP contribution in [-0.4, -0.2) is 24.1 Å². The van der Waals surface area contributed by atoms with Crippen LogP contribution in [0.3, 0.4) is 0 Å². The zero-order valence-electron chi connectivity index (χ0n) is 14.9. The van der Waals surface area contributed by atoms with Gasteiger partial charge in [0.25, 0.3) is 0 Å². The Bertz CT molecular complexity index is 719. The maximum atomic E-state index is 12.1. The highest BCUT2D eigenvalue weighted by molar-refractivity contribution is 7.80. The number of carbonyl (C=O) groups excluding carboxylic acids is 1. The number of benzene rings is 1. The molecule has 136 valence electrons. The third-order valence-electron chi connectivity index (χ3n) is 3.78. The molecular weight excluding hydrogens is 360 g/mol. The summed E-state index contributed by atoms with van der Waals surface area (Å²) in [4.78, 5) is 12.1. The Morgan fingerprint density at radius 1 is 1.28 bits per heavy atom. The number of ketones is 1. The number of thiocarbonyl (C=S) groups is 1. The topological polar surface area (TPSA) is 59.6 Å². The highest BCUT2D eigenvalue weighted by atomic mass is 35.5. The highest BCUT2D eigenvalue weighted by Gasteiger charge is 2.30. The first-order valence-electron chi connectivity index (χ1n) is 8.27. The van der Waals surface area contributed by atoms with Crippen LogP contribution in [0.5, 0.6) is 11.5 Å². The van der Waals surface area contributed by atoms with Crippen LogP contribution in [0.4, 0.5) is 0 Å². The molecule has 25 heavy (non-hydrogen) atoms. The van der Waals surface area contributed by atoms with Crippen molar-refractivity contribution < 1.29 is 14.3 Å². The monoisotopic (exact) mass is 382 g/mol. The van der Waals surface area contributed by atoms with Gasteiger partial charge < -0.3 is 20.1 Å². The number of halogens is 1. The maximum Gasteiger partial charge on any atom is 0.171 e. The third kappa shape index (κ3) is 4.44. The summed E-state index contributed by atoms with van der Waals surface area (Å²) in [6.07, 6.45) is 0.880. The van der Waals surface area contributed by atoms with Gasteiger partial charge in [-0.1, -0.05) is 18.5 Å². The van der Waals surface area contributed by atoms with E-state index in [4.69, 9.17) is 33.3 Å². The van der Waals surface area contributed by atoms with E-state index in [0.29, 0.717) is 40.4 Å². The molecule has 0 bridgehead atoms. The van der Waals surface area contributed by atoms with Crippen LogP contribution in [0.25, 0.3) is 0 Å². The quantitative estimate of drug-likeness (QED) is 0.697. The fourth-order valence-corrected chi connectivity index (χ4v) is 3.29. The van der Waals surface area contributed by atoms with E-state index in [-0.39, 0.29) is 5.78 Å². The number of hydrogen-bond donors (Lipinski definition) is 2. The Morgan fingerprint density at radius 2 is 1.96 bits per heavy atom. The Kier molecular flexibility index (Phi) is 6.67. The molecule has 0 radical (unpaired) electrons. The molecule has 0 aromatic heterocycles. The second kappa shape index (κ2) is 8.54. The lowest BCUT2D eigenvalue weighted by molar-refractivity contribution is -0.114. The van der Waals surface area contributed by atoms with Crippen LogP contribution >= 0.6 is 23.8 Å². The van der Waals surface area contributed by atoms with Gasteiger partial charge in [-0.3, -0.25) is 4.79 Å². The number of ether oxygens (including phenoxy) is 2. The lowest BCUT2D eigenvalue weighted by Gasteiger charge is -2.30. The minimum Gasteiger partial charge on any atom is -0.490 e. The van der Waals surface area contributed by atoms with Gasteiger partial charge in [-0.25, -0.2) is 0 Å². The van der Waals surface area contributed by atoms with Crippen LogP contribution in [0, 0.1) is 0 Å². The van der Waals surface area contributed by atoms with E-state index in [0.717, 1.165) is 17.7 Å². The van der Waals surface area contributed by atoms with Crippen LogP contribution in [0.1, 0.15) is 45.7 Å². The fourth-order valence-electron chi connectivity index (χ4n) is 2.76. The molecule has 7 heteroatoms. The van der Waals surface area contributed by atoms with Crippen molar-refractivity contribution in [3.8, 4) is 11.5 Å². The summed E-state index contributed by atoms with van der Waals surface area (Å²) in [6.45, 7) is 8.36. The van der Waals surface area contributed by atoms with Crippen molar-refractivity contribution in [1.82, 2.24) is 10.6 Å². The summed E-state index contributed by atoms with van der Waals surface area (Å²) in [5, 5.41) is 7.06. The molecule has 0 saturated carbocycles. The molecule has 0 amide bonds. The number of carbonyl (C=O) groups is 1. The molecule has 5 nitrogen and oxygen atoms in total. The van der Waals surface area contributed by atoms with Gasteiger partial charge in [-0.15, -0.1) is 0 Å². The molecule has 2 N–H and O–H groups in total. The van der Waals surface area contributed by atoms with Crippen LogP contribution in [0.15, 0.2) is 23.4 Å². The summed E-state index contributed by atoms with van der Waals surface area (Å²) in [5.41, 5.74) is 2.05. The van der Waals surface area contributed by atoms with Gasteiger partial charge in [0.05, 0.1) is 24.3 Å². The van der Waals surface area contributed by atoms with Gasteiger partial charge in [0, 0.05) is 22.9 Å². The van der Waals surface area contributed by atoms with Crippen LogP contribution < -0.4 is 20.1 Å². The zero-order chi connectivity index (χ0) is 18.6. The van der Waals surface area contributed by atoms with Crippen molar-refractivity contribution in [1.29, 1.82) is 0 Å². The molecule has 0 fully saturated rings. The zero-order valence-corrected chi connectivity index (χ0v) is 16.4. The SMILES string of the molecule is CCCOc1cc(Cl)c([C@@H]2NC(=S)NC(C)=C2C(C)=O)cc1OCC. The number of Topliss-reactive ketones (excluding diaryl/α,β-unsaturated/α-hetero) is 1. The lowest BCUT2D eigenvalue weighted by atomic mass is 9.93. The molecule has 0 aliphatic carbocycles. The standard InChI is InChI=1S/C18H23ClN2O3S/c1-5-7-24-15-9-13(19)12(8-14(15)23-6-2)17-16(11(4)22)10(3)20-18(25)21-17/h8-9,17H,5-7H2,1-4H3,(H2,20,21,25)/t17-/m0/s1. The molecule has 0 unspecified atom stereocenters. The second-order valence-corrected chi connectivity index (χ2v) is 6.54. The number of hydrogen-bond acceptors (Lipinski definition) is 4. The smallest absolute Gasteiger partial charge is 0.171 e. The van der Waals surface area contributed by atoms with Gasteiger partial charge in [0.1, 0.15) is 0 Å². The predicted molar refractivity (Wildman–Crippen MR) is 103 cm³/mol. The molecule has 1 aliphatic heterocycles. The van der Waals surface area contributed by atoms with E-state index < -0.39 is 6.04 Å². The van der Waals surface area contributed by atoms with Gasteiger partial charge in [0.2, 0.25) is 0 Å². The van der Waals surface area contributed by atoms with Gasteiger partial charge >= 0.3 is 0 Å². The second-order valence-electron chi connectivity index (χ2n) is 5.73. The van der Waals surface area contributed by atoms with Crippen LogP contribution in [0.2, 0.25) is 5.02 Å².